The van der Waals surface area contributed by atoms with Crippen LogP contribution in [0.2, 0.25) is 0 Å². The van der Waals surface area contributed by atoms with Crippen molar-refractivity contribution in [3.8, 4) is 17.0 Å². The van der Waals surface area contributed by atoms with Gasteiger partial charge >= 0.3 is 0 Å². The molecule has 1 aromatic carbocycles. The van der Waals surface area contributed by atoms with Crippen molar-refractivity contribution >= 4 is 17.2 Å². The first-order chi connectivity index (χ1) is 15.0. The number of nitrogens with zero attached hydrogens (tertiary/aromatic N) is 2. The summed E-state index contributed by atoms with van der Waals surface area (Å²) >= 11 is 0. The third-order valence-electron chi connectivity index (χ3n) is 8.00. The van der Waals surface area contributed by atoms with Gasteiger partial charge in [0.15, 0.2) is 0 Å². The lowest BCUT2D eigenvalue weighted by molar-refractivity contribution is -0.140. The van der Waals surface area contributed by atoms with Gasteiger partial charge in [0.2, 0.25) is 5.91 Å². The number of pyridine rings is 1. The van der Waals surface area contributed by atoms with Crippen LogP contribution in [0.15, 0.2) is 42.6 Å². The van der Waals surface area contributed by atoms with Crippen molar-refractivity contribution in [2.75, 3.05) is 12.4 Å². The second-order valence-electron chi connectivity index (χ2n) is 10.1. The van der Waals surface area contributed by atoms with E-state index in [1.54, 1.807) is 7.11 Å². The van der Waals surface area contributed by atoms with Gasteiger partial charge in [-0.3, -0.25) is 4.79 Å². The molecule has 0 atom stereocenters. The predicted molar refractivity (Wildman–Crippen MR) is 121 cm³/mol. The molecule has 5 heteroatoms. The first kappa shape index (κ1) is 18.9. The second kappa shape index (κ2) is 6.84. The Morgan fingerprint density at radius 2 is 1.68 bits per heavy atom. The highest BCUT2D eigenvalue weighted by Gasteiger charge is 2.54. The highest BCUT2D eigenvalue weighted by Crippen LogP contribution is 2.60. The van der Waals surface area contributed by atoms with Gasteiger partial charge in [0.1, 0.15) is 11.4 Å². The molecule has 0 spiro atoms. The molecule has 4 aliphatic carbocycles. The molecular formula is C26H29N3O2. The first-order valence-electron chi connectivity index (χ1n) is 11.5. The van der Waals surface area contributed by atoms with E-state index in [1.165, 1.54) is 19.3 Å². The zero-order valence-corrected chi connectivity index (χ0v) is 18.2. The molecule has 4 fully saturated rings. The number of ether oxygens (including phenoxy) is 1. The Morgan fingerprint density at radius 3 is 2.29 bits per heavy atom. The fourth-order valence-electron chi connectivity index (χ4n) is 6.91. The molecule has 0 aliphatic heterocycles. The number of amides is 1. The van der Waals surface area contributed by atoms with Crippen LogP contribution >= 0.6 is 0 Å². The van der Waals surface area contributed by atoms with Gasteiger partial charge in [-0.15, -0.1) is 0 Å². The van der Waals surface area contributed by atoms with Crippen molar-refractivity contribution in [1.82, 2.24) is 9.38 Å². The van der Waals surface area contributed by atoms with Crippen LogP contribution in [0.1, 0.15) is 44.2 Å². The van der Waals surface area contributed by atoms with Crippen LogP contribution in [0, 0.1) is 30.1 Å². The summed E-state index contributed by atoms with van der Waals surface area (Å²) in [6.45, 7) is 2.07. The summed E-state index contributed by atoms with van der Waals surface area (Å²) in [5.74, 6) is 3.37. The maximum atomic E-state index is 13.4. The van der Waals surface area contributed by atoms with Crippen molar-refractivity contribution in [1.29, 1.82) is 0 Å². The SMILES string of the molecule is COc1ccc(-c2nc3ccc(NC(=O)C45CC6CC(CC(C6)C4)C5)cn3c2C)cc1. The number of rotatable bonds is 4. The minimum atomic E-state index is -0.137. The molecule has 7 rings (SSSR count). The molecule has 2 heterocycles. The van der Waals surface area contributed by atoms with Crippen LogP contribution in [0.3, 0.4) is 0 Å². The number of anilines is 1. The number of aromatic nitrogens is 2. The highest BCUT2D eigenvalue weighted by atomic mass is 16.5. The van der Waals surface area contributed by atoms with Gasteiger partial charge in [0, 0.05) is 17.5 Å². The normalized spacial score (nSPS) is 28.8. The number of imidazole rings is 1. The van der Waals surface area contributed by atoms with Crippen LogP contribution in [0.4, 0.5) is 5.69 Å². The number of carbonyl (C=O) groups excluding carboxylic acids is 1. The quantitative estimate of drug-likeness (QED) is 0.614. The molecule has 0 unspecified atom stereocenters. The molecule has 2 aromatic heterocycles. The monoisotopic (exact) mass is 415 g/mol. The number of fused-ring (bicyclic) bond motifs is 1. The number of nitrogens with one attached hydrogen (secondary N) is 1. The Balaban J connectivity index is 1.28. The third kappa shape index (κ3) is 3.05. The summed E-state index contributed by atoms with van der Waals surface area (Å²) in [5, 5.41) is 3.28. The van der Waals surface area contributed by atoms with Crippen LogP contribution < -0.4 is 10.1 Å². The van der Waals surface area contributed by atoms with Crippen molar-refractivity contribution < 1.29 is 9.53 Å². The number of hydrogen-bond acceptors (Lipinski definition) is 3. The number of aryl methyl sites for hydroxylation is 1. The van der Waals surface area contributed by atoms with Gasteiger partial charge < -0.3 is 14.5 Å². The first-order valence-corrected chi connectivity index (χ1v) is 11.5. The van der Waals surface area contributed by atoms with Crippen LogP contribution in [-0.2, 0) is 4.79 Å². The lowest BCUT2D eigenvalue weighted by Crippen LogP contribution is -2.51. The molecule has 3 aromatic rings. The number of benzene rings is 1. The van der Waals surface area contributed by atoms with Crippen molar-refractivity contribution in [3.63, 3.8) is 0 Å². The standard InChI is InChI=1S/C26H29N3O2/c1-16-24(20-3-6-22(31-2)7-4-20)28-23-8-5-21(15-29(16)23)27-25(30)26-12-17-9-18(13-26)11-19(10-17)14-26/h3-8,15,17-19H,9-14H2,1-2H3,(H,27,30). The number of methoxy groups -OCH3 is 1. The zero-order chi connectivity index (χ0) is 21.2. The van der Waals surface area contributed by atoms with E-state index in [0.29, 0.717) is 0 Å². The smallest absolute Gasteiger partial charge is 0.230 e. The van der Waals surface area contributed by atoms with E-state index in [2.05, 4.69) is 16.6 Å². The van der Waals surface area contributed by atoms with E-state index in [9.17, 15) is 4.79 Å². The van der Waals surface area contributed by atoms with E-state index < -0.39 is 0 Å². The van der Waals surface area contributed by atoms with Gasteiger partial charge in [-0.05, 0) is 99.6 Å². The van der Waals surface area contributed by atoms with E-state index in [1.807, 2.05) is 42.6 Å². The van der Waals surface area contributed by atoms with E-state index in [-0.39, 0.29) is 11.3 Å². The predicted octanol–water partition coefficient (Wildman–Crippen LogP) is 5.47. The maximum Gasteiger partial charge on any atom is 0.230 e. The Kier molecular flexibility index (Phi) is 4.17. The van der Waals surface area contributed by atoms with Crippen molar-refractivity contribution in [2.24, 2.45) is 23.2 Å². The highest BCUT2D eigenvalue weighted by molar-refractivity contribution is 5.95. The van der Waals surface area contributed by atoms with Gasteiger partial charge in [0.05, 0.1) is 23.9 Å². The Morgan fingerprint density at radius 1 is 1.03 bits per heavy atom. The number of hydrogen-bond donors (Lipinski definition) is 1. The molecule has 31 heavy (non-hydrogen) atoms. The second-order valence-corrected chi connectivity index (χ2v) is 10.1. The largest absolute Gasteiger partial charge is 0.497 e. The summed E-state index contributed by atoms with van der Waals surface area (Å²) in [6.07, 6.45) is 9.31. The number of carbonyl (C=O) groups is 1. The molecule has 5 nitrogen and oxygen atoms in total. The lowest BCUT2D eigenvalue weighted by atomic mass is 9.49. The fourth-order valence-corrected chi connectivity index (χ4v) is 6.91. The van der Waals surface area contributed by atoms with Gasteiger partial charge in [-0.25, -0.2) is 4.98 Å². The van der Waals surface area contributed by atoms with Crippen LogP contribution in [0.5, 0.6) is 5.75 Å². The molecule has 1 N–H and O–H groups in total. The van der Waals surface area contributed by atoms with E-state index in [4.69, 9.17) is 9.72 Å². The summed E-state index contributed by atoms with van der Waals surface area (Å²) < 4.78 is 7.35. The molecule has 160 valence electrons. The Hall–Kier alpha value is -2.82. The van der Waals surface area contributed by atoms with Crippen LogP contribution in [0.25, 0.3) is 16.9 Å². The summed E-state index contributed by atoms with van der Waals surface area (Å²) in [6, 6.07) is 12.0. The maximum absolute atomic E-state index is 13.4. The van der Waals surface area contributed by atoms with Crippen molar-refractivity contribution in [3.05, 3.63) is 48.3 Å². The summed E-state index contributed by atoms with van der Waals surface area (Å²) in [7, 11) is 1.67. The average molecular weight is 416 g/mol. The molecule has 0 radical (unpaired) electrons. The third-order valence-corrected chi connectivity index (χ3v) is 8.00. The zero-order valence-electron chi connectivity index (χ0n) is 18.2. The Bertz CT molecular complexity index is 1130. The molecule has 4 bridgehead atoms. The fraction of sp³-hybridized carbons (Fsp3) is 0.462. The van der Waals surface area contributed by atoms with Crippen molar-refractivity contribution in [2.45, 2.75) is 45.4 Å². The average Bonchev–Trinajstić information content (AvgIpc) is 3.09. The minimum Gasteiger partial charge on any atom is -0.497 e. The minimum absolute atomic E-state index is 0.137. The van der Waals surface area contributed by atoms with Crippen LogP contribution in [-0.4, -0.2) is 22.4 Å². The van der Waals surface area contributed by atoms with Gasteiger partial charge in [-0.1, -0.05) is 0 Å². The summed E-state index contributed by atoms with van der Waals surface area (Å²) in [4.78, 5) is 18.2. The van der Waals surface area contributed by atoms with Gasteiger partial charge in [0.25, 0.3) is 0 Å². The topological polar surface area (TPSA) is 55.6 Å². The van der Waals surface area contributed by atoms with Gasteiger partial charge in [-0.2, -0.15) is 0 Å². The molecule has 4 aliphatic rings. The lowest BCUT2D eigenvalue weighted by Gasteiger charge is -2.55. The molecular weight excluding hydrogens is 386 g/mol. The van der Waals surface area contributed by atoms with E-state index >= 15 is 0 Å². The molecule has 0 saturated heterocycles. The summed E-state index contributed by atoms with van der Waals surface area (Å²) in [5.41, 5.74) is 4.67. The van der Waals surface area contributed by atoms with E-state index in [0.717, 1.165) is 71.1 Å². The Labute approximate surface area is 182 Å². The molecule has 1 amide bonds. The molecule has 4 saturated carbocycles.